The van der Waals surface area contributed by atoms with E-state index < -0.39 is 0 Å². The van der Waals surface area contributed by atoms with Gasteiger partial charge in [-0.25, -0.2) is 4.79 Å². The number of allylic oxidation sites excluding steroid dienone is 1. The molecule has 1 amide bonds. The van der Waals surface area contributed by atoms with Gasteiger partial charge in [-0.2, -0.15) is 0 Å². The standard InChI is InChI=1S/C6H9NO2/c1-5(2)7-3-4-9-6(7)8/h1,3-4H2,2H3. The monoisotopic (exact) mass is 127 g/mol. The zero-order valence-corrected chi connectivity index (χ0v) is 5.39. The first kappa shape index (κ1) is 6.13. The van der Waals surface area contributed by atoms with Crippen LogP contribution in [0.25, 0.3) is 0 Å². The molecular formula is C6H9NO2. The fourth-order valence-corrected chi connectivity index (χ4v) is 0.740. The highest BCUT2D eigenvalue weighted by atomic mass is 16.6. The average Bonchev–Trinajstić information content (AvgIpc) is 2.13. The van der Waals surface area contributed by atoms with E-state index in [0.29, 0.717) is 13.2 Å². The predicted molar refractivity (Wildman–Crippen MR) is 32.9 cm³/mol. The first-order chi connectivity index (χ1) is 4.22. The number of cyclic esters (lactones) is 1. The maximum absolute atomic E-state index is 10.7. The van der Waals surface area contributed by atoms with Crippen LogP contribution in [0.4, 0.5) is 4.79 Å². The van der Waals surface area contributed by atoms with E-state index in [-0.39, 0.29) is 6.09 Å². The van der Waals surface area contributed by atoms with E-state index >= 15 is 0 Å². The summed E-state index contributed by atoms with van der Waals surface area (Å²) in [5, 5.41) is 0. The van der Waals surface area contributed by atoms with Crippen molar-refractivity contribution in [2.75, 3.05) is 13.2 Å². The molecule has 0 unspecified atom stereocenters. The van der Waals surface area contributed by atoms with Crippen LogP contribution in [0, 0.1) is 0 Å². The molecule has 3 heteroatoms. The average molecular weight is 127 g/mol. The zero-order chi connectivity index (χ0) is 6.85. The van der Waals surface area contributed by atoms with Gasteiger partial charge in [0.25, 0.3) is 0 Å². The minimum Gasteiger partial charge on any atom is -0.447 e. The summed E-state index contributed by atoms with van der Waals surface area (Å²) >= 11 is 0. The lowest BCUT2D eigenvalue weighted by Gasteiger charge is -2.09. The molecule has 1 fully saturated rings. The largest absolute Gasteiger partial charge is 0.447 e. The molecular weight excluding hydrogens is 118 g/mol. The summed E-state index contributed by atoms with van der Waals surface area (Å²) in [5.41, 5.74) is 0.748. The first-order valence-corrected chi connectivity index (χ1v) is 2.81. The molecule has 1 heterocycles. The van der Waals surface area contributed by atoms with E-state index in [2.05, 4.69) is 11.3 Å². The molecule has 9 heavy (non-hydrogen) atoms. The van der Waals surface area contributed by atoms with Crippen LogP contribution in [0.2, 0.25) is 0 Å². The molecule has 0 bridgehead atoms. The molecule has 0 saturated carbocycles. The highest BCUT2D eigenvalue weighted by Crippen LogP contribution is 2.08. The second-order valence-corrected chi connectivity index (χ2v) is 2.00. The van der Waals surface area contributed by atoms with Crippen molar-refractivity contribution < 1.29 is 9.53 Å². The summed E-state index contributed by atoms with van der Waals surface area (Å²) in [6.07, 6.45) is -0.275. The van der Waals surface area contributed by atoms with Crippen LogP contribution in [-0.4, -0.2) is 24.1 Å². The molecule has 0 N–H and O–H groups in total. The molecule has 1 saturated heterocycles. The van der Waals surface area contributed by atoms with Gasteiger partial charge in [-0.1, -0.05) is 6.58 Å². The van der Waals surface area contributed by atoms with Gasteiger partial charge in [-0.15, -0.1) is 0 Å². The van der Waals surface area contributed by atoms with Gasteiger partial charge in [-0.3, -0.25) is 4.90 Å². The van der Waals surface area contributed by atoms with E-state index in [1.165, 1.54) is 4.90 Å². The van der Waals surface area contributed by atoms with Crippen LogP contribution >= 0.6 is 0 Å². The first-order valence-electron chi connectivity index (χ1n) is 2.81. The number of nitrogens with zero attached hydrogens (tertiary/aromatic N) is 1. The van der Waals surface area contributed by atoms with Crippen LogP contribution in [0.15, 0.2) is 12.3 Å². The number of carbonyl (C=O) groups is 1. The highest BCUT2D eigenvalue weighted by molar-refractivity contribution is 5.71. The molecule has 0 aromatic carbocycles. The van der Waals surface area contributed by atoms with Crippen molar-refractivity contribution in [3.05, 3.63) is 12.3 Å². The van der Waals surface area contributed by atoms with Gasteiger partial charge >= 0.3 is 6.09 Å². The lowest BCUT2D eigenvalue weighted by atomic mass is 10.5. The molecule has 0 radical (unpaired) electrons. The Balaban J connectivity index is 2.60. The Kier molecular flexibility index (Phi) is 1.42. The molecule has 0 aliphatic carbocycles. The predicted octanol–water partition coefficient (Wildman–Crippen LogP) is 0.972. The van der Waals surface area contributed by atoms with Gasteiger partial charge in [0, 0.05) is 5.70 Å². The molecule has 1 aliphatic rings. The fourth-order valence-electron chi connectivity index (χ4n) is 0.740. The van der Waals surface area contributed by atoms with Crippen molar-refractivity contribution in [2.24, 2.45) is 0 Å². The van der Waals surface area contributed by atoms with Crippen molar-refractivity contribution >= 4 is 6.09 Å². The Morgan fingerprint density at radius 1 is 1.89 bits per heavy atom. The van der Waals surface area contributed by atoms with Gasteiger partial charge in [0.15, 0.2) is 0 Å². The van der Waals surface area contributed by atoms with E-state index in [4.69, 9.17) is 0 Å². The third-order valence-corrected chi connectivity index (χ3v) is 1.22. The van der Waals surface area contributed by atoms with Crippen LogP contribution in [0.3, 0.4) is 0 Å². The SMILES string of the molecule is C=C(C)N1CCOC1=O. The summed E-state index contributed by atoms with van der Waals surface area (Å²) in [4.78, 5) is 12.2. The number of ether oxygens (including phenoxy) is 1. The Labute approximate surface area is 53.9 Å². The second kappa shape index (κ2) is 2.09. The molecule has 1 aliphatic heterocycles. The molecule has 1 rings (SSSR count). The smallest absolute Gasteiger partial charge is 0.414 e. The molecule has 0 spiro atoms. The Hall–Kier alpha value is -0.990. The number of hydrogen-bond acceptors (Lipinski definition) is 2. The van der Waals surface area contributed by atoms with E-state index in [1.54, 1.807) is 6.92 Å². The highest BCUT2D eigenvalue weighted by Gasteiger charge is 2.21. The second-order valence-electron chi connectivity index (χ2n) is 2.00. The van der Waals surface area contributed by atoms with Crippen molar-refractivity contribution in [3.63, 3.8) is 0 Å². The fraction of sp³-hybridized carbons (Fsp3) is 0.500. The van der Waals surface area contributed by atoms with Crippen LogP contribution < -0.4 is 0 Å². The Morgan fingerprint density at radius 2 is 2.56 bits per heavy atom. The van der Waals surface area contributed by atoms with E-state index in [0.717, 1.165) is 5.70 Å². The number of hydrogen-bond donors (Lipinski definition) is 0. The Bertz CT molecular complexity index is 153. The number of amides is 1. The van der Waals surface area contributed by atoms with Crippen molar-refractivity contribution in [3.8, 4) is 0 Å². The van der Waals surface area contributed by atoms with Gasteiger partial charge in [0.1, 0.15) is 6.61 Å². The Morgan fingerprint density at radius 3 is 2.78 bits per heavy atom. The maximum atomic E-state index is 10.7. The summed E-state index contributed by atoms with van der Waals surface area (Å²) in [7, 11) is 0. The molecule has 50 valence electrons. The summed E-state index contributed by atoms with van der Waals surface area (Å²) in [6, 6.07) is 0. The van der Waals surface area contributed by atoms with Crippen LogP contribution in [0.1, 0.15) is 6.92 Å². The van der Waals surface area contributed by atoms with Crippen LogP contribution in [0.5, 0.6) is 0 Å². The zero-order valence-electron chi connectivity index (χ0n) is 5.39. The summed E-state index contributed by atoms with van der Waals surface area (Å²) < 4.78 is 4.65. The van der Waals surface area contributed by atoms with E-state index in [1.807, 2.05) is 0 Å². The lowest BCUT2D eigenvalue weighted by molar-refractivity contribution is 0.164. The van der Waals surface area contributed by atoms with Crippen LogP contribution in [-0.2, 0) is 4.74 Å². The summed E-state index contributed by atoms with van der Waals surface area (Å²) in [5.74, 6) is 0. The third kappa shape index (κ3) is 1.04. The molecule has 0 atom stereocenters. The minimum absolute atomic E-state index is 0.275. The quantitative estimate of drug-likeness (QED) is 0.525. The third-order valence-electron chi connectivity index (χ3n) is 1.22. The number of rotatable bonds is 1. The maximum Gasteiger partial charge on any atom is 0.414 e. The minimum atomic E-state index is -0.275. The molecule has 0 aromatic heterocycles. The van der Waals surface area contributed by atoms with Gasteiger partial charge in [0.05, 0.1) is 6.54 Å². The number of carbonyl (C=O) groups excluding carboxylic acids is 1. The van der Waals surface area contributed by atoms with Crippen molar-refractivity contribution in [2.45, 2.75) is 6.92 Å². The molecule has 0 aromatic rings. The van der Waals surface area contributed by atoms with E-state index in [9.17, 15) is 4.79 Å². The normalized spacial score (nSPS) is 17.9. The van der Waals surface area contributed by atoms with Crippen molar-refractivity contribution in [1.82, 2.24) is 4.90 Å². The molecule has 3 nitrogen and oxygen atoms in total. The van der Waals surface area contributed by atoms with Gasteiger partial charge < -0.3 is 4.74 Å². The lowest BCUT2D eigenvalue weighted by Crippen LogP contribution is -2.20. The van der Waals surface area contributed by atoms with Gasteiger partial charge in [-0.05, 0) is 6.92 Å². The topological polar surface area (TPSA) is 29.5 Å². The van der Waals surface area contributed by atoms with Crippen molar-refractivity contribution in [1.29, 1.82) is 0 Å². The summed E-state index contributed by atoms with van der Waals surface area (Å²) in [6.45, 7) is 6.54. The van der Waals surface area contributed by atoms with Gasteiger partial charge in [0.2, 0.25) is 0 Å².